The van der Waals surface area contributed by atoms with Crippen LogP contribution in [0, 0.1) is 5.82 Å². The first-order chi connectivity index (χ1) is 11.0. The van der Waals surface area contributed by atoms with Gasteiger partial charge in [0.2, 0.25) is 11.3 Å². The van der Waals surface area contributed by atoms with Gasteiger partial charge in [-0.25, -0.2) is 13.4 Å². The van der Waals surface area contributed by atoms with E-state index in [1.807, 2.05) is 30.3 Å². The van der Waals surface area contributed by atoms with Crippen LogP contribution >= 0.6 is 0 Å². The summed E-state index contributed by atoms with van der Waals surface area (Å²) in [6.07, 6.45) is 0. The van der Waals surface area contributed by atoms with E-state index in [9.17, 15) is 17.9 Å². The monoisotopic (exact) mass is 337 g/mol. The number of carbonyl (C=O) groups is 1. The van der Waals surface area contributed by atoms with E-state index in [1.54, 1.807) is 0 Å². The molecular formula is C16H16FNO4S. The Hall–Kier alpha value is -2.09. The van der Waals surface area contributed by atoms with Gasteiger partial charge in [0.1, 0.15) is 5.82 Å². The summed E-state index contributed by atoms with van der Waals surface area (Å²) >= 11 is -2.25. The largest absolute Gasteiger partial charge is 0.465 e. The minimum Gasteiger partial charge on any atom is -0.465 e. The fraction of sp³-hybridized carbons (Fsp3) is 0.188. The molecule has 0 aliphatic carbocycles. The van der Waals surface area contributed by atoms with Crippen LogP contribution in [0.3, 0.4) is 0 Å². The Labute approximate surface area is 136 Å². The maximum atomic E-state index is 14.1. The van der Waals surface area contributed by atoms with Crippen LogP contribution in [0.2, 0.25) is 0 Å². The van der Waals surface area contributed by atoms with Crippen molar-refractivity contribution in [1.29, 1.82) is 0 Å². The molecule has 2 rings (SSSR count). The number of carbonyl (C=O) groups excluding carboxylic acids is 1. The van der Waals surface area contributed by atoms with Gasteiger partial charge in [0.25, 0.3) is 0 Å². The van der Waals surface area contributed by atoms with Gasteiger partial charge in [-0.05, 0) is 17.7 Å². The van der Waals surface area contributed by atoms with Gasteiger partial charge in [0.05, 0.1) is 12.7 Å². The molecule has 0 radical (unpaired) electrons. The normalized spacial score (nSPS) is 12.2. The highest BCUT2D eigenvalue weighted by Crippen LogP contribution is 2.16. The number of methoxy groups -OCH3 is 1. The van der Waals surface area contributed by atoms with Crippen molar-refractivity contribution in [2.75, 3.05) is 7.11 Å². The van der Waals surface area contributed by atoms with E-state index in [1.165, 1.54) is 23.5 Å². The predicted molar refractivity (Wildman–Crippen MR) is 84.2 cm³/mol. The summed E-state index contributed by atoms with van der Waals surface area (Å²) < 4.78 is 40.7. The number of ether oxygens (including phenoxy) is 1. The lowest BCUT2D eigenvalue weighted by atomic mass is 10.1. The van der Waals surface area contributed by atoms with Crippen LogP contribution in [-0.4, -0.2) is 26.1 Å². The second-order valence-corrected chi connectivity index (χ2v) is 5.79. The zero-order valence-electron chi connectivity index (χ0n) is 12.4. The van der Waals surface area contributed by atoms with Gasteiger partial charge in [-0.1, -0.05) is 36.4 Å². The minimum absolute atomic E-state index is 0.0642. The minimum atomic E-state index is -2.25. The van der Waals surface area contributed by atoms with E-state index in [-0.39, 0.29) is 24.2 Å². The SMILES string of the molecule is COC(=O)c1ccc(CN(Cc2ccccc2)S(=O)O)c(F)c1. The molecule has 0 fully saturated rings. The molecule has 0 bridgehead atoms. The number of rotatable bonds is 6. The molecule has 0 spiro atoms. The molecule has 0 saturated carbocycles. The summed E-state index contributed by atoms with van der Waals surface area (Å²) in [7, 11) is 1.21. The van der Waals surface area contributed by atoms with Crippen LogP contribution in [-0.2, 0) is 29.1 Å². The maximum Gasteiger partial charge on any atom is 0.337 e. The Bertz CT molecular complexity index is 708. The smallest absolute Gasteiger partial charge is 0.337 e. The lowest BCUT2D eigenvalue weighted by Gasteiger charge is -2.18. The van der Waals surface area contributed by atoms with Gasteiger partial charge < -0.3 is 4.74 Å². The second-order valence-electron chi connectivity index (χ2n) is 4.81. The van der Waals surface area contributed by atoms with Crippen molar-refractivity contribution in [2.45, 2.75) is 13.1 Å². The van der Waals surface area contributed by atoms with Crippen molar-refractivity contribution in [3.05, 3.63) is 71.0 Å². The molecule has 0 aliphatic rings. The zero-order chi connectivity index (χ0) is 16.8. The average molecular weight is 337 g/mol. The fourth-order valence-corrected chi connectivity index (χ4v) is 2.57. The Kier molecular flexibility index (Phi) is 5.97. The molecule has 0 amide bonds. The van der Waals surface area contributed by atoms with Crippen molar-refractivity contribution in [3.8, 4) is 0 Å². The molecule has 0 saturated heterocycles. The van der Waals surface area contributed by atoms with Gasteiger partial charge in [0, 0.05) is 18.7 Å². The molecule has 122 valence electrons. The summed E-state index contributed by atoms with van der Waals surface area (Å²) in [6, 6.07) is 13.0. The zero-order valence-corrected chi connectivity index (χ0v) is 13.3. The highest BCUT2D eigenvalue weighted by Gasteiger charge is 2.16. The molecule has 2 aromatic carbocycles. The molecule has 23 heavy (non-hydrogen) atoms. The van der Waals surface area contributed by atoms with Gasteiger partial charge in [0.15, 0.2) is 0 Å². The third-order valence-electron chi connectivity index (χ3n) is 3.24. The molecule has 7 heteroatoms. The molecule has 0 aliphatic heterocycles. The van der Waals surface area contributed by atoms with Gasteiger partial charge >= 0.3 is 5.97 Å². The topological polar surface area (TPSA) is 66.8 Å². The summed E-state index contributed by atoms with van der Waals surface area (Å²) in [4.78, 5) is 11.4. The quantitative estimate of drug-likeness (QED) is 0.650. The molecule has 1 unspecified atom stereocenters. The summed E-state index contributed by atoms with van der Waals surface area (Å²) in [5, 5.41) is 0. The van der Waals surface area contributed by atoms with Gasteiger partial charge in [-0.3, -0.25) is 4.55 Å². The number of benzene rings is 2. The average Bonchev–Trinajstić information content (AvgIpc) is 2.55. The number of esters is 1. The molecule has 0 aromatic heterocycles. The summed E-state index contributed by atoms with van der Waals surface area (Å²) in [5.41, 5.74) is 1.14. The van der Waals surface area contributed by atoms with Crippen LogP contribution in [0.25, 0.3) is 0 Å². The van der Waals surface area contributed by atoms with Crippen molar-refractivity contribution in [2.24, 2.45) is 0 Å². The number of hydrogen-bond acceptors (Lipinski definition) is 3. The molecular weight excluding hydrogens is 321 g/mol. The highest BCUT2D eigenvalue weighted by molar-refractivity contribution is 7.76. The van der Waals surface area contributed by atoms with Gasteiger partial charge in [-0.15, -0.1) is 0 Å². The Balaban J connectivity index is 2.17. The molecule has 2 aromatic rings. The molecule has 1 N–H and O–H groups in total. The first kappa shape index (κ1) is 17.3. The van der Waals surface area contributed by atoms with E-state index in [0.29, 0.717) is 0 Å². The summed E-state index contributed by atoms with van der Waals surface area (Å²) in [5.74, 6) is -1.27. The predicted octanol–water partition coefficient (Wildman–Crippen LogP) is 2.75. The molecule has 5 nitrogen and oxygen atoms in total. The van der Waals surface area contributed by atoms with Gasteiger partial charge in [-0.2, -0.15) is 4.31 Å². The lowest BCUT2D eigenvalue weighted by Crippen LogP contribution is -2.25. The highest BCUT2D eigenvalue weighted by atomic mass is 32.2. The third kappa shape index (κ3) is 4.69. The van der Waals surface area contributed by atoms with Crippen molar-refractivity contribution in [1.82, 2.24) is 4.31 Å². The Morgan fingerprint density at radius 2 is 1.91 bits per heavy atom. The van der Waals surface area contributed by atoms with Crippen molar-refractivity contribution < 1.29 is 22.7 Å². The number of nitrogens with zero attached hydrogens (tertiary/aromatic N) is 1. The fourth-order valence-electron chi connectivity index (χ4n) is 2.06. The summed E-state index contributed by atoms with van der Waals surface area (Å²) in [6.45, 7) is 0.132. The molecule has 1 atom stereocenters. The van der Waals surface area contributed by atoms with Crippen molar-refractivity contribution in [3.63, 3.8) is 0 Å². The molecule has 0 heterocycles. The van der Waals surface area contributed by atoms with Crippen LogP contribution in [0.15, 0.2) is 48.5 Å². The Morgan fingerprint density at radius 3 is 2.48 bits per heavy atom. The van der Waals surface area contributed by atoms with E-state index < -0.39 is 23.1 Å². The second kappa shape index (κ2) is 7.96. The van der Waals surface area contributed by atoms with Crippen LogP contribution < -0.4 is 0 Å². The standard InChI is InChI=1S/C16H16FNO4S/c1-22-16(19)13-7-8-14(15(17)9-13)11-18(23(20)21)10-12-5-3-2-4-6-12/h2-9H,10-11H2,1H3,(H,20,21). The third-order valence-corrected chi connectivity index (χ3v) is 3.94. The van der Waals surface area contributed by atoms with E-state index in [4.69, 9.17) is 0 Å². The first-order valence-corrected chi connectivity index (χ1v) is 7.84. The Morgan fingerprint density at radius 1 is 1.22 bits per heavy atom. The number of halogens is 1. The van der Waals surface area contributed by atoms with Crippen LogP contribution in [0.1, 0.15) is 21.5 Å². The van der Waals surface area contributed by atoms with Crippen LogP contribution in [0.4, 0.5) is 4.39 Å². The maximum absolute atomic E-state index is 14.1. The van der Waals surface area contributed by atoms with E-state index in [0.717, 1.165) is 11.6 Å². The van der Waals surface area contributed by atoms with E-state index in [2.05, 4.69) is 4.74 Å². The number of hydrogen-bond donors (Lipinski definition) is 1. The van der Waals surface area contributed by atoms with Crippen molar-refractivity contribution >= 4 is 17.2 Å². The van der Waals surface area contributed by atoms with Crippen LogP contribution in [0.5, 0.6) is 0 Å². The van der Waals surface area contributed by atoms with E-state index >= 15 is 0 Å². The lowest BCUT2D eigenvalue weighted by molar-refractivity contribution is 0.0600. The first-order valence-electron chi connectivity index (χ1n) is 6.78.